The van der Waals surface area contributed by atoms with Gasteiger partial charge in [0.1, 0.15) is 0 Å². The van der Waals surface area contributed by atoms with Crippen molar-refractivity contribution in [3.05, 3.63) is 71.1 Å². The van der Waals surface area contributed by atoms with Crippen molar-refractivity contribution in [2.45, 2.75) is 19.4 Å². The normalized spacial score (nSPS) is 17.7. The van der Waals surface area contributed by atoms with Crippen molar-refractivity contribution in [2.75, 3.05) is 13.1 Å². The fraction of sp³-hybridized carbons (Fsp3) is 0.286. The molecule has 0 N–H and O–H groups in total. The molecule has 0 spiro atoms. The molecule has 0 unspecified atom stereocenters. The second-order valence-corrected chi connectivity index (χ2v) is 7.26. The highest BCUT2D eigenvalue weighted by Crippen LogP contribution is 2.24. The van der Waals surface area contributed by atoms with E-state index in [0.29, 0.717) is 35.4 Å². The molecule has 6 heteroatoms. The Hall–Kier alpha value is -2.50. The Morgan fingerprint density at radius 3 is 2.85 bits per heavy atom. The molecule has 1 aliphatic heterocycles. The lowest BCUT2D eigenvalue weighted by atomic mass is 9.90. The lowest BCUT2D eigenvalue weighted by molar-refractivity contribution is 0.0797. The zero-order valence-corrected chi connectivity index (χ0v) is 15.6. The highest BCUT2D eigenvalue weighted by Gasteiger charge is 2.27. The van der Waals surface area contributed by atoms with Crippen molar-refractivity contribution >= 4 is 17.4 Å². The van der Waals surface area contributed by atoms with Gasteiger partial charge in [-0.3, -0.25) is 9.69 Å². The van der Waals surface area contributed by atoms with Crippen LogP contribution in [0.4, 0.5) is 0 Å². The van der Waals surface area contributed by atoms with Gasteiger partial charge in [0.2, 0.25) is 11.7 Å². The Morgan fingerprint density at radius 2 is 2.04 bits per heavy atom. The molecule has 5 nitrogen and oxygen atoms in total. The van der Waals surface area contributed by atoms with Crippen molar-refractivity contribution in [1.82, 2.24) is 15.0 Å². The molecular formula is C21H20ClN3O2. The van der Waals surface area contributed by atoms with Crippen molar-refractivity contribution in [3.63, 3.8) is 0 Å². The zero-order valence-electron chi connectivity index (χ0n) is 14.8. The average Bonchev–Trinajstić information content (AvgIpc) is 3.17. The Balaban J connectivity index is 1.42. The number of likely N-dealkylation sites (tertiary alicyclic amines) is 1. The molecule has 138 valence electrons. The van der Waals surface area contributed by atoms with Crippen LogP contribution in [-0.4, -0.2) is 33.9 Å². The summed E-state index contributed by atoms with van der Waals surface area (Å²) in [5.74, 6) is 1.28. The summed E-state index contributed by atoms with van der Waals surface area (Å²) in [5.41, 5.74) is 1.61. The maximum atomic E-state index is 12.8. The van der Waals surface area contributed by atoms with E-state index in [0.717, 1.165) is 24.9 Å². The van der Waals surface area contributed by atoms with E-state index in [2.05, 4.69) is 15.0 Å². The molecule has 1 aromatic heterocycles. The topological polar surface area (TPSA) is 59.2 Å². The first-order valence-electron chi connectivity index (χ1n) is 9.09. The molecule has 3 aromatic rings. The summed E-state index contributed by atoms with van der Waals surface area (Å²) < 4.78 is 5.41. The standard InChI is InChI=1S/C21H20ClN3O2/c22-18-10-4-8-16(12-18)20(26)17-9-5-11-25(13-17)14-19-23-21(24-27-19)15-6-2-1-3-7-15/h1-4,6-8,10,12,17H,5,9,11,13-14H2/t17-/m0/s1. The second kappa shape index (κ2) is 8.03. The molecule has 0 saturated carbocycles. The van der Waals surface area contributed by atoms with E-state index in [9.17, 15) is 4.79 Å². The molecule has 1 fully saturated rings. The van der Waals surface area contributed by atoms with Gasteiger partial charge in [0, 0.05) is 28.6 Å². The molecular weight excluding hydrogens is 362 g/mol. The minimum atomic E-state index is -0.0336. The third-order valence-electron chi connectivity index (χ3n) is 4.84. The van der Waals surface area contributed by atoms with Crippen LogP contribution < -0.4 is 0 Å². The highest BCUT2D eigenvalue weighted by atomic mass is 35.5. The number of hydrogen-bond donors (Lipinski definition) is 0. The van der Waals surface area contributed by atoms with Crippen molar-refractivity contribution < 1.29 is 9.32 Å². The van der Waals surface area contributed by atoms with Crippen LogP contribution in [0.1, 0.15) is 29.1 Å². The molecule has 2 heterocycles. The van der Waals surface area contributed by atoms with E-state index in [4.69, 9.17) is 16.1 Å². The minimum Gasteiger partial charge on any atom is -0.338 e. The van der Waals surface area contributed by atoms with E-state index in [1.807, 2.05) is 42.5 Å². The summed E-state index contributed by atoms with van der Waals surface area (Å²) in [7, 11) is 0. The number of carbonyl (C=O) groups is 1. The number of rotatable bonds is 5. The first kappa shape index (κ1) is 17.9. The van der Waals surface area contributed by atoms with Gasteiger partial charge in [-0.25, -0.2) is 0 Å². The summed E-state index contributed by atoms with van der Waals surface area (Å²) in [6.07, 6.45) is 1.86. The van der Waals surface area contributed by atoms with Crippen LogP contribution in [0.25, 0.3) is 11.4 Å². The van der Waals surface area contributed by atoms with Gasteiger partial charge in [0.25, 0.3) is 0 Å². The minimum absolute atomic E-state index is 0.0336. The first-order chi connectivity index (χ1) is 13.2. The van der Waals surface area contributed by atoms with Gasteiger partial charge < -0.3 is 4.52 Å². The third kappa shape index (κ3) is 4.26. The van der Waals surface area contributed by atoms with Gasteiger partial charge in [0.15, 0.2) is 5.78 Å². The fourth-order valence-corrected chi connectivity index (χ4v) is 3.70. The van der Waals surface area contributed by atoms with Crippen LogP contribution in [0.2, 0.25) is 5.02 Å². The van der Waals surface area contributed by atoms with Crippen molar-refractivity contribution in [1.29, 1.82) is 0 Å². The predicted molar refractivity (Wildman–Crippen MR) is 104 cm³/mol. The van der Waals surface area contributed by atoms with Gasteiger partial charge in [-0.2, -0.15) is 4.98 Å². The van der Waals surface area contributed by atoms with Gasteiger partial charge in [0.05, 0.1) is 6.54 Å². The molecule has 27 heavy (non-hydrogen) atoms. The number of halogens is 1. The number of nitrogens with zero attached hydrogens (tertiary/aromatic N) is 3. The summed E-state index contributed by atoms with van der Waals surface area (Å²) in [5, 5.41) is 4.66. The Morgan fingerprint density at radius 1 is 1.19 bits per heavy atom. The summed E-state index contributed by atoms with van der Waals surface area (Å²) >= 11 is 6.03. The molecule has 1 aliphatic rings. The smallest absolute Gasteiger partial charge is 0.241 e. The van der Waals surface area contributed by atoms with Crippen molar-refractivity contribution in [2.24, 2.45) is 5.92 Å². The zero-order chi connectivity index (χ0) is 18.6. The van der Waals surface area contributed by atoms with E-state index >= 15 is 0 Å². The fourth-order valence-electron chi connectivity index (χ4n) is 3.51. The van der Waals surface area contributed by atoms with Crippen LogP contribution >= 0.6 is 11.6 Å². The van der Waals surface area contributed by atoms with Crippen LogP contribution in [0.5, 0.6) is 0 Å². The van der Waals surface area contributed by atoms with E-state index in [1.165, 1.54) is 0 Å². The van der Waals surface area contributed by atoms with Crippen LogP contribution in [0.15, 0.2) is 59.1 Å². The largest absolute Gasteiger partial charge is 0.338 e. The molecule has 1 saturated heterocycles. The van der Waals surface area contributed by atoms with E-state index in [1.54, 1.807) is 12.1 Å². The number of piperidine rings is 1. The summed E-state index contributed by atoms with van der Waals surface area (Å²) in [6, 6.07) is 16.9. The predicted octanol–water partition coefficient (Wildman–Crippen LogP) is 4.48. The molecule has 0 radical (unpaired) electrons. The first-order valence-corrected chi connectivity index (χ1v) is 9.47. The Bertz CT molecular complexity index is 926. The second-order valence-electron chi connectivity index (χ2n) is 6.83. The molecule has 2 aromatic carbocycles. The molecule has 0 aliphatic carbocycles. The third-order valence-corrected chi connectivity index (χ3v) is 5.08. The lowest BCUT2D eigenvalue weighted by Crippen LogP contribution is -2.38. The van der Waals surface area contributed by atoms with Crippen LogP contribution in [-0.2, 0) is 6.54 Å². The maximum Gasteiger partial charge on any atom is 0.241 e. The van der Waals surface area contributed by atoms with Gasteiger partial charge in [-0.15, -0.1) is 0 Å². The number of aromatic nitrogens is 2. The van der Waals surface area contributed by atoms with Gasteiger partial charge in [-0.1, -0.05) is 59.2 Å². The molecule has 4 rings (SSSR count). The van der Waals surface area contributed by atoms with Gasteiger partial charge >= 0.3 is 0 Å². The monoisotopic (exact) mass is 381 g/mol. The maximum absolute atomic E-state index is 12.8. The van der Waals surface area contributed by atoms with E-state index < -0.39 is 0 Å². The number of benzene rings is 2. The number of ketones is 1. The lowest BCUT2D eigenvalue weighted by Gasteiger charge is -2.30. The molecule has 1 atom stereocenters. The number of carbonyl (C=O) groups excluding carboxylic acids is 1. The summed E-state index contributed by atoms with van der Waals surface area (Å²) in [6.45, 7) is 2.16. The number of hydrogen-bond acceptors (Lipinski definition) is 5. The van der Waals surface area contributed by atoms with Crippen LogP contribution in [0, 0.1) is 5.92 Å². The highest BCUT2D eigenvalue weighted by molar-refractivity contribution is 6.31. The molecule has 0 amide bonds. The Labute approximate surface area is 163 Å². The SMILES string of the molecule is O=C(c1cccc(Cl)c1)[C@H]1CCCN(Cc2nc(-c3ccccc3)no2)C1. The molecule has 0 bridgehead atoms. The Kier molecular flexibility index (Phi) is 5.32. The van der Waals surface area contributed by atoms with E-state index in [-0.39, 0.29) is 11.7 Å². The summed E-state index contributed by atoms with van der Waals surface area (Å²) in [4.78, 5) is 19.5. The van der Waals surface area contributed by atoms with Crippen molar-refractivity contribution in [3.8, 4) is 11.4 Å². The van der Waals surface area contributed by atoms with Gasteiger partial charge in [-0.05, 0) is 31.5 Å². The van der Waals surface area contributed by atoms with Crippen LogP contribution in [0.3, 0.4) is 0 Å². The number of Topliss-reactive ketones (excluding diaryl/α,β-unsaturated/α-hetero) is 1. The average molecular weight is 382 g/mol. The quantitative estimate of drug-likeness (QED) is 0.609.